The van der Waals surface area contributed by atoms with Gasteiger partial charge in [0.2, 0.25) is 0 Å². The van der Waals surface area contributed by atoms with Crippen molar-refractivity contribution in [3.05, 3.63) is 64.7 Å². The third kappa shape index (κ3) is 2.53. The summed E-state index contributed by atoms with van der Waals surface area (Å²) in [5.74, 6) is 0. The van der Waals surface area contributed by atoms with Crippen molar-refractivity contribution in [1.29, 1.82) is 5.26 Å². The van der Waals surface area contributed by atoms with Gasteiger partial charge in [0.25, 0.3) is 0 Å². The zero-order chi connectivity index (χ0) is 13.8. The molecule has 3 aromatic rings. The molecular weight excluding hydrogens is 266 g/mol. The Bertz CT molecular complexity index is 762. The van der Waals surface area contributed by atoms with Crippen LogP contribution in [0.4, 0.5) is 0 Å². The minimum atomic E-state index is 0.569. The number of hydrogen-bond donors (Lipinski definition) is 1. The first-order valence-electron chi connectivity index (χ1n) is 6.13. The van der Waals surface area contributed by atoms with Crippen molar-refractivity contribution in [2.24, 2.45) is 0 Å². The molecule has 0 spiro atoms. The molecule has 0 bridgehead atoms. The first kappa shape index (κ1) is 12.4. The number of hydrogen-bond acceptors (Lipinski definition) is 3. The van der Waals surface area contributed by atoms with Crippen LogP contribution in [0.25, 0.3) is 22.9 Å². The van der Waals surface area contributed by atoms with Crippen LogP contribution in [-0.2, 0) is 0 Å². The fourth-order valence-electron chi connectivity index (χ4n) is 1.87. The van der Waals surface area contributed by atoms with Gasteiger partial charge in [-0.25, -0.2) is 4.98 Å². The number of nitrogens with zero attached hydrogens (tertiary/aromatic N) is 2. The van der Waals surface area contributed by atoms with Crippen LogP contribution in [0, 0.1) is 11.3 Å². The Morgan fingerprint density at radius 3 is 2.75 bits per heavy atom. The Balaban J connectivity index is 1.95. The third-order valence-electron chi connectivity index (χ3n) is 2.85. The number of thiazole rings is 1. The van der Waals surface area contributed by atoms with Crippen molar-refractivity contribution in [3.63, 3.8) is 0 Å². The van der Waals surface area contributed by atoms with Crippen molar-refractivity contribution < 1.29 is 0 Å². The van der Waals surface area contributed by atoms with Crippen LogP contribution in [0.5, 0.6) is 0 Å². The fraction of sp³-hybridized carbons (Fsp3) is 0. The molecule has 3 nitrogen and oxygen atoms in total. The van der Waals surface area contributed by atoms with Crippen LogP contribution in [0.3, 0.4) is 0 Å². The molecular formula is C16H11N3S. The van der Waals surface area contributed by atoms with Gasteiger partial charge in [-0.1, -0.05) is 30.3 Å². The maximum Gasteiger partial charge on any atom is 0.134 e. The van der Waals surface area contributed by atoms with Crippen molar-refractivity contribution in [2.75, 3.05) is 0 Å². The number of nitrogens with one attached hydrogen (secondary N) is 1. The van der Waals surface area contributed by atoms with Crippen molar-refractivity contribution >= 4 is 23.0 Å². The summed E-state index contributed by atoms with van der Waals surface area (Å²) >= 11 is 1.48. The second-order valence-corrected chi connectivity index (χ2v) is 5.06. The van der Waals surface area contributed by atoms with Crippen molar-refractivity contribution in [1.82, 2.24) is 9.97 Å². The first-order valence-corrected chi connectivity index (χ1v) is 7.01. The molecule has 4 heteroatoms. The predicted molar refractivity (Wildman–Crippen MR) is 81.8 cm³/mol. The van der Waals surface area contributed by atoms with Gasteiger partial charge in [-0.2, -0.15) is 5.26 Å². The molecule has 2 heterocycles. The fourth-order valence-corrected chi connectivity index (χ4v) is 2.66. The summed E-state index contributed by atoms with van der Waals surface area (Å²) in [7, 11) is 0. The number of nitriles is 1. The Morgan fingerprint density at radius 2 is 2.05 bits per heavy atom. The summed E-state index contributed by atoms with van der Waals surface area (Å²) < 4.78 is 0. The zero-order valence-electron chi connectivity index (χ0n) is 10.6. The van der Waals surface area contributed by atoms with E-state index in [-0.39, 0.29) is 0 Å². The second kappa shape index (κ2) is 5.55. The molecule has 0 fully saturated rings. The molecule has 0 unspecified atom stereocenters. The second-order valence-electron chi connectivity index (χ2n) is 4.20. The lowest BCUT2D eigenvalue weighted by Crippen LogP contribution is -1.82. The van der Waals surface area contributed by atoms with E-state index in [2.05, 4.69) is 16.0 Å². The molecule has 2 aromatic heterocycles. The zero-order valence-corrected chi connectivity index (χ0v) is 11.4. The van der Waals surface area contributed by atoms with Gasteiger partial charge < -0.3 is 4.98 Å². The molecule has 0 amide bonds. The highest BCUT2D eigenvalue weighted by Crippen LogP contribution is 2.26. The van der Waals surface area contributed by atoms with Gasteiger partial charge in [0.15, 0.2) is 0 Å². The summed E-state index contributed by atoms with van der Waals surface area (Å²) in [6.45, 7) is 0. The highest BCUT2D eigenvalue weighted by atomic mass is 32.1. The molecule has 0 aliphatic rings. The lowest BCUT2D eigenvalue weighted by atomic mass is 10.2. The van der Waals surface area contributed by atoms with Crippen molar-refractivity contribution in [2.45, 2.75) is 0 Å². The van der Waals surface area contributed by atoms with Gasteiger partial charge in [-0.05, 0) is 18.2 Å². The molecule has 0 saturated heterocycles. The molecule has 0 aliphatic carbocycles. The largest absolute Gasteiger partial charge is 0.362 e. The van der Waals surface area contributed by atoms with E-state index in [1.54, 1.807) is 0 Å². The van der Waals surface area contributed by atoms with Crippen LogP contribution in [0.2, 0.25) is 0 Å². The number of rotatable bonds is 3. The van der Waals surface area contributed by atoms with Crippen LogP contribution in [0.15, 0.2) is 54.0 Å². The van der Waals surface area contributed by atoms with E-state index in [9.17, 15) is 5.26 Å². The normalized spacial score (nSPS) is 11.2. The summed E-state index contributed by atoms with van der Waals surface area (Å²) in [4.78, 5) is 7.61. The quantitative estimate of drug-likeness (QED) is 0.729. The average molecular weight is 277 g/mol. The van der Waals surface area contributed by atoms with E-state index in [0.717, 1.165) is 22.0 Å². The molecule has 1 N–H and O–H groups in total. The molecule has 96 valence electrons. The topological polar surface area (TPSA) is 52.5 Å². The highest BCUT2D eigenvalue weighted by Gasteiger charge is 2.08. The van der Waals surface area contributed by atoms with Gasteiger partial charge in [-0.15, -0.1) is 11.3 Å². The van der Waals surface area contributed by atoms with E-state index in [4.69, 9.17) is 0 Å². The number of aromatic amines is 1. The maximum absolute atomic E-state index is 9.29. The van der Waals surface area contributed by atoms with Crippen LogP contribution in [0.1, 0.15) is 10.7 Å². The van der Waals surface area contributed by atoms with Gasteiger partial charge in [0, 0.05) is 22.8 Å². The van der Waals surface area contributed by atoms with E-state index >= 15 is 0 Å². The maximum atomic E-state index is 9.29. The Hall–Kier alpha value is -2.64. The summed E-state index contributed by atoms with van der Waals surface area (Å²) in [6, 6.07) is 16.0. The molecule has 0 aliphatic heterocycles. The number of allylic oxidation sites excluding steroid dienone is 1. The Labute approximate surface area is 120 Å². The SMILES string of the molecule is N#C/C(=C/c1ccc[nH]1)c1nc(-c2ccccc2)cs1. The molecule has 0 radical (unpaired) electrons. The minimum absolute atomic E-state index is 0.569. The highest BCUT2D eigenvalue weighted by molar-refractivity contribution is 7.11. The van der Waals surface area contributed by atoms with Gasteiger partial charge in [0.1, 0.15) is 11.1 Å². The monoisotopic (exact) mass is 277 g/mol. The van der Waals surface area contributed by atoms with Crippen LogP contribution < -0.4 is 0 Å². The number of H-pyrrole nitrogens is 1. The summed E-state index contributed by atoms with van der Waals surface area (Å²) in [5, 5.41) is 12.0. The summed E-state index contributed by atoms with van der Waals surface area (Å²) in [5.41, 5.74) is 3.43. The smallest absolute Gasteiger partial charge is 0.134 e. The summed E-state index contributed by atoms with van der Waals surface area (Å²) in [6.07, 6.45) is 3.64. The first-order chi connectivity index (χ1) is 9.86. The van der Waals surface area contributed by atoms with Gasteiger partial charge in [0.05, 0.1) is 11.3 Å². The number of benzene rings is 1. The molecule has 1 aromatic carbocycles. The van der Waals surface area contributed by atoms with E-state index in [1.165, 1.54) is 11.3 Å². The third-order valence-corrected chi connectivity index (χ3v) is 3.72. The van der Waals surface area contributed by atoms with Crippen molar-refractivity contribution in [3.8, 4) is 17.3 Å². The average Bonchev–Trinajstić information content (AvgIpc) is 3.17. The van der Waals surface area contributed by atoms with E-state index in [0.29, 0.717) is 5.57 Å². The lowest BCUT2D eigenvalue weighted by Gasteiger charge is -1.95. The van der Waals surface area contributed by atoms with E-state index < -0.39 is 0 Å². The molecule has 0 atom stereocenters. The van der Waals surface area contributed by atoms with Gasteiger partial charge >= 0.3 is 0 Å². The molecule has 3 rings (SSSR count). The standard InChI is InChI=1S/C16H11N3S/c17-10-13(9-14-7-4-8-18-14)16-19-15(11-20-16)12-5-2-1-3-6-12/h1-9,11,18H/b13-9-. The van der Waals surface area contributed by atoms with E-state index in [1.807, 2.05) is 60.1 Å². The predicted octanol–water partition coefficient (Wildman–Crippen LogP) is 4.20. The minimum Gasteiger partial charge on any atom is -0.362 e. The Morgan fingerprint density at radius 1 is 1.20 bits per heavy atom. The lowest BCUT2D eigenvalue weighted by molar-refractivity contribution is 1.36. The molecule has 20 heavy (non-hydrogen) atoms. The van der Waals surface area contributed by atoms with Crippen LogP contribution in [-0.4, -0.2) is 9.97 Å². The Kier molecular flexibility index (Phi) is 3.44. The number of aromatic nitrogens is 2. The molecule has 0 saturated carbocycles. The van der Waals surface area contributed by atoms with Gasteiger partial charge in [-0.3, -0.25) is 0 Å². The van der Waals surface area contributed by atoms with Crippen LogP contribution >= 0.6 is 11.3 Å².